The number of carbonyl (C=O) groups is 10. The van der Waals surface area contributed by atoms with Gasteiger partial charge in [0.1, 0.15) is 58.7 Å². The molecule has 0 radical (unpaired) electrons. The summed E-state index contributed by atoms with van der Waals surface area (Å²) in [6.45, 7) is 19.5. The molecule has 5 rings (SSSR count). The Morgan fingerprint density at radius 1 is 0.879 bits per heavy atom. The van der Waals surface area contributed by atoms with Crippen LogP contribution < -0.4 is 31.3 Å². The lowest BCUT2D eigenvalue weighted by atomic mass is 9.78. The average Bonchev–Trinajstić information content (AvgIpc) is 1.58. The summed E-state index contributed by atoms with van der Waals surface area (Å²) in [5.41, 5.74) is 5.49. The standard InChI is InChI=1S/C74H110ClN7O17/c1-44(2)33-53(34-45(3)4)68(88)77-30-18-16-17-22-54(83)39-55(46(5)6)69(89)79-56(23-20-31-78-71(76)91)58(84)37-50-25-27-51(28-26-50)43-96-72(92)80(11)32-29-63(85)81(12)49(9)70(90)98-62-40-64(86)82(13)57-36-52(38-59(94-14)66(57)75)35-47(7)21-19-24-61(95-15)74(93)41-60(97-65(87)42-74)48(8)67-73(62,10)99-67/h19,21,24-28,36,38,44-46,48-49,53,55-56,60-62,67,93H,16-18,20,22-23,29-35,37,39-43H2,1-15H3,(H,77,88)(H,79,89)(H3,76,78,91)/b24-19+,47-21+/t48-,49+,55+,56+,60+,61-,62-,67+,73+,74-/m1/s1. The van der Waals surface area contributed by atoms with Gasteiger partial charge in [0.2, 0.25) is 23.6 Å². The summed E-state index contributed by atoms with van der Waals surface area (Å²) >= 11 is 6.86. The van der Waals surface area contributed by atoms with E-state index in [9.17, 15) is 53.1 Å². The molecule has 2 fully saturated rings. The summed E-state index contributed by atoms with van der Waals surface area (Å²) in [5, 5.41) is 20.7. The van der Waals surface area contributed by atoms with Crippen LogP contribution in [0.1, 0.15) is 169 Å². The van der Waals surface area contributed by atoms with Crippen molar-refractivity contribution in [3.05, 3.63) is 81.9 Å². The van der Waals surface area contributed by atoms with E-state index in [1.807, 2.05) is 26.8 Å². The number of epoxide rings is 1. The largest absolute Gasteiger partial charge is 0.495 e. The highest BCUT2D eigenvalue weighted by Gasteiger charge is 2.64. The average molecular weight is 1410 g/mol. The number of halogens is 1. The van der Waals surface area contributed by atoms with Gasteiger partial charge < -0.3 is 69.9 Å². The fraction of sp³-hybridized carbons (Fsp3) is 0.649. The van der Waals surface area contributed by atoms with Crippen LogP contribution in [0.3, 0.4) is 0 Å². The monoisotopic (exact) mass is 1400 g/mol. The minimum absolute atomic E-state index is 0.00765. The molecule has 2 aromatic rings. The topological polar surface area (TPSA) is 321 Å². The molecule has 3 aliphatic heterocycles. The van der Waals surface area contributed by atoms with Crippen molar-refractivity contribution in [2.24, 2.45) is 41.2 Å². The normalized spacial score (nSPS) is 22.8. The number of primary amides is 1. The van der Waals surface area contributed by atoms with Crippen LogP contribution in [-0.4, -0.2) is 177 Å². The second kappa shape index (κ2) is 38.4. The molecule has 24 nitrogen and oxygen atoms in total. The molecule has 0 aromatic heterocycles. The number of benzene rings is 2. The van der Waals surface area contributed by atoms with E-state index in [4.69, 9.17) is 45.8 Å². The smallest absolute Gasteiger partial charge is 0.409 e. The van der Waals surface area contributed by atoms with E-state index < -0.39 is 108 Å². The first-order valence-corrected chi connectivity index (χ1v) is 35.2. The number of likely N-dealkylation sites (N-methyl/N-ethyl adjacent to an activating group) is 1. The first-order valence-electron chi connectivity index (χ1n) is 34.8. The molecule has 3 heterocycles. The van der Waals surface area contributed by atoms with Gasteiger partial charge in [-0.1, -0.05) is 115 Å². The summed E-state index contributed by atoms with van der Waals surface area (Å²) in [6.07, 6.45) is 4.73. The van der Waals surface area contributed by atoms with Crippen molar-refractivity contribution < 1.29 is 81.5 Å². The molecule has 0 aliphatic carbocycles. The molecule has 2 aromatic carbocycles. The number of carbonyl (C=O) groups excluding carboxylic acids is 10. The van der Waals surface area contributed by atoms with Crippen molar-refractivity contribution in [2.75, 3.05) is 59.9 Å². The summed E-state index contributed by atoms with van der Waals surface area (Å²) in [4.78, 5) is 138. The number of ether oxygens (including phenoxy) is 6. The van der Waals surface area contributed by atoms with Crippen LogP contribution in [-0.2, 0) is 81.5 Å². The van der Waals surface area contributed by atoms with Gasteiger partial charge in [-0.15, -0.1) is 0 Å². The van der Waals surface area contributed by atoms with Gasteiger partial charge in [0.25, 0.3) is 0 Å². The van der Waals surface area contributed by atoms with Crippen LogP contribution in [0, 0.1) is 35.5 Å². The predicted molar refractivity (Wildman–Crippen MR) is 375 cm³/mol. The molecular formula is C74H110ClN7O17. The van der Waals surface area contributed by atoms with E-state index in [2.05, 4.69) is 43.6 Å². The number of nitrogens with one attached hydrogen (secondary N) is 3. The molecule has 0 spiro atoms. The fourth-order valence-corrected chi connectivity index (χ4v) is 13.2. The lowest BCUT2D eigenvalue weighted by Crippen LogP contribution is -2.53. The Morgan fingerprint density at radius 2 is 1.54 bits per heavy atom. The number of aliphatic hydroxyl groups is 1. The number of ketones is 2. The molecule has 0 saturated carbocycles. The number of esters is 2. The number of anilines is 1. The summed E-state index contributed by atoms with van der Waals surface area (Å²) in [7, 11) is 7.31. The zero-order valence-corrected chi connectivity index (χ0v) is 61.6. The Balaban J connectivity index is 1.16. The maximum atomic E-state index is 14.5. The van der Waals surface area contributed by atoms with Gasteiger partial charge in [0.15, 0.2) is 5.78 Å². The van der Waals surface area contributed by atoms with E-state index in [-0.39, 0.29) is 99.0 Å². The van der Waals surface area contributed by atoms with Gasteiger partial charge >= 0.3 is 24.1 Å². The molecule has 0 unspecified atom stereocenters. The van der Waals surface area contributed by atoms with Crippen molar-refractivity contribution >= 4 is 76.5 Å². The molecule has 4 bridgehead atoms. The minimum Gasteiger partial charge on any atom is -0.495 e. The third-order valence-corrected chi connectivity index (χ3v) is 19.5. The third kappa shape index (κ3) is 24.7. The van der Waals surface area contributed by atoms with Crippen molar-refractivity contribution in [2.45, 2.75) is 220 Å². The molecule has 25 heteroatoms. The van der Waals surface area contributed by atoms with Crippen molar-refractivity contribution in [3.8, 4) is 5.75 Å². The van der Waals surface area contributed by atoms with Crippen LogP contribution in [0.15, 0.2) is 60.2 Å². The summed E-state index contributed by atoms with van der Waals surface area (Å²) < 4.78 is 35.3. The maximum Gasteiger partial charge on any atom is 0.409 e. The number of amides is 7. The lowest BCUT2D eigenvalue weighted by Gasteiger charge is -2.41. The van der Waals surface area contributed by atoms with Crippen molar-refractivity contribution in [1.82, 2.24) is 25.8 Å². The van der Waals surface area contributed by atoms with Gasteiger partial charge in [0.05, 0.1) is 37.8 Å². The zero-order chi connectivity index (χ0) is 73.6. The van der Waals surface area contributed by atoms with Crippen LogP contribution in [0.25, 0.3) is 0 Å². The highest BCUT2D eigenvalue weighted by atomic mass is 35.5. The van der Waals surface area contributed by atoms with Crippen molar-refractivity contribution in [3.63, 3.8) is 0 Å². The number of fused-ring (bicyclic) bond motifs is 5. The van der Waals surface area contributed by atoms with Crippen LogP contribution in [0.2, 0.25) is 5.02 Å². The number of urea groups is 1. The first-order chi connectivity index (χ1) is 46.6. The number of hydrogen-bond donors (Lipinski definition) is 5. The molecule has 2 saturated heterocycles. The molecule has 10 atom stereocenters. The Hall–Kier alpha value is -7.41. The second-order valence-electron chi connectivity index (χ2n) is 28.6. The van der Waals surface area contributed by atoms with Gasteiger partial charge in [-0.05, 0) is 112 Å². The Kier molecular flexibility index (Phi) is 31.9. The predicted octanol–water partition coefficient (Wildman–Crippen LogP) is 9.08. The van der Waals surface area contributed by atoms with E-state index >= 15 is 0 Å². The van der Waals surface area contributed by atoms with Gasteiger partial charge in [-0.25, -0.2) is 14.4 Å². The highest BCUT2D eigenvalue weighted by Crippen LogP contribution is 2.50. The van der Waals surface area contributed by atoms with Crippen LogP contribution in [0.5, 0.6) is 5.75 Å². The van der Waals surface area contributed by atoms with E-state index in [0.717, 1.165) is 36.8 Å². The minimum atomic E-state index is -1.66. The quantitative estimate of drug-likeness (QED) is 0.0192. The Morgan fingerprint density at radius 3 is 2.16 bits per heavy atom. The summed E-state index contributed by atoms with van der Waals surface area (Å²) in [6, 6.07) is 7.46. The number of hydrogen-bond acceptors (Lipinski definition) is 17. The number of allylic oxidation sites excluding steroid dienone is 3. The maximum absolute atomic E-state index is 14.5. The van der Waals surface area contributed by atoms with Crippen molar-refractivity contribution in [1.29, 1.82) is 0 Å². The number of nitrogens with zero attached hydrogens (tertiary/aromatic N) is 3. The lowest BCUT2D eigenvalue weighted by molar-refractivity contribution is -0.187. The fourth-order valence-electron chi connectivity index (χ4n) is 12.9. The van der Waals surface area contributed by atoms with Gasteiger partial charge in [-0.2, -0.15) is 0 Å². The third-order valence-electron chi connectivity index (χ3n) is 19.1. The molecule has 6 N–H and O–H groups in total. The Bertz CT molecular complexity index is 3180. The molecular weight excluding hydrogens is 1290 g/mol. The zero-order valence-electron chi connectivity index (χ0n) is 60.8. The number of methoxy groups -OCH3 is 2. The van der Waals surface area contributed by atoms with E-state index in [0.29, 0.717) is 60.2 Å². The molecule has 3 aliphatic rings. The van der Waals surface area contributed by atoms with Crippen LogP contribution in [0.4, 0.5) is 15.3 Å². The SMILES string of the molecule is COc1cc2cc(c1Cl)N(C)C(=O)C[C@@H](OC(=O)[C@H](C)N(C)C(=O)CCN(C)C(=O)OCc1ccc(CC(=O)[C@H](CCCNC(N)=O)NC(=O)[C@@H](CC(=O)CCCCCNC(=O)C(CC(C)C)CC(C)C)C(C)C)cc1)[C@]1(C)O[C@H]1[C@H](C)[C@@H]1C[C@@](O)(CC(=O)O1)[C@H](OC)/C=C/C=C(\C)C2. The van der Waals surface area contributed by atoms with Crippen LogP contribution >= 0.6 is 11.6 Å². The number of rotatable bonds is 33. The van der Waals surface area contributed by atoms with Gasteiger partial charge in [0, 0.05) is 97.7 Å². The first kappa shape index (κ1) is 82.3. The second-order valence-corrected chi connectivity index (χ2v) is 28.9. The number of Topliss-reactive ketones (excluding diaryl/α,β-unsaturated/α-hetero) is 2. The molecule has 7 amide bonds. The van der Waals surface area contributed by atoms with Gasteiger partial charge in [-0.3, -0.25) is 33.6 Å². The van der Waals surface area contributed by atoms with E-state index in [1.165, 1.54) is 49.9 Å². The summed E-state index contributed by atoms with van der Waals surface area (Å²) in [5.74, 6) is -3.59. The van der Waals surface area contributed by atoms with E-state index in [1.54, 1.807) is 69.4 Å². The number of unbranched alkanes of at least 4 members (excludes halogenated alkanes) is 2. The molecule has 550 valence electrons. The highest BCUT2D eigenvalue weighted by molar-refractivity contribution is 6.35. The Labute approximate surface area is 589 Å². The number of nitrogens with two attached hydrogens (primary N) is 1. The molecule has 99 heavy (non-hydrogen) atoms.